The van der Waals surface area contributed by atoms with Gasteiger partial charge in [-0.15, -0.1) is 0 Å². The average molecular weight is 429 g/mol. The summed E-state index contributed by atoms with van der Waals surface area (Å²) < 4.78 is 36.7. The number of carbonyl (C=O) groups is 1. The lowest BCUT2D eigenvalue weighted by molar-refractivity contribution is 0.0661. The van der Waals surface area contributed by atoms with Gasteiger partial charge in [-0.3, -0.25) is 4.79 Å². The molecular weight excluding hydrogens is 406 g/mol. The zero-order chi connectivity index (χ0) is 21.1. The van der Waals surface area contributed by atoms with Crippen LogP contribution in [0, 0.1) is 6.92 Å². The van der Waals surface area contributed by atoms with Crippen molar-refractivity contribution in [2.45, 2.75) is 19.6 Å². The molecule has 9 heteroatoms. The number of fused-ring (bicyclic) bond motifs is 1. The molecule has 3 aromatic rings. The second-order valence-electron chi connectivity index (χ2n) is 7.26. The Kier molecular flexibility index (Phi) is 5.74. The number of nitrogens with zero attached hydrogens (tertiary/aromatic N) is 2. The number of aromatic nitrogens is 2. The van der Waals surface area contributed by atoms with Gasteiger partial charge in [0.1, 0.15) is 18.0 Å². The number of pyridine rings is 1. The Labute approximate surface area is 174 Å². The van der Waals surface area contributed by atoms with Crippen molar-refractivity contribution in [1.29, 1.82) is 0 Å². The Bertz CT molecular complexity index is 1170. The van der Waals surface area contributed by atoms with Crippen LogP contribution in [0.2, 0.25) is 0 Å². The molecule has 1 saturated heterocycles. The number of para-hydroxylation sites is 1. The van der Waals surface area contributed by atoms with Gasteiger partial charge in [0.05, 0.1) is 35.5 Å². The van der Waals surface area contributed by atoms with Crippen LogP contribution in [0.25, 0.3) is 5.65 Å². The molecule has 4 rings (SSSR count). The lowest BCUT2D eigenvalue weighted by Crippen LogP contribution is -2.42. The lowest BCUT2D eigenvalue weighted by atomic mass is 10.2. The number of aryl methyl sites for hydroxylation is 1. The fourth-order valence-corrected chi connectivity index (χ4v) is 4.68. The van der Waals surface area contributed by atoms with Crippen LogP contribution in [-0.4, -0.2) is 54.5 Å². The molecule has 0 unspecified atom stereocenters. The summed E-state index contributed by atoms with van der Waals surface area (Å²) in [5, 5.41) is 2.75. The Morgan fingerprint density at radius 2 is 2.13 bits per heavy atom. The predicted octanol–water partition coefficient (Wildman–Crippen LogP) is 1.77. The van der Waals surface area contributed by atoms with Crippen LogP contribution >= 0.6 is 0 Å². The Morgan fingerprint density at radius 1 is 1.30 bits per heavy atom. The van der Waals surface area contributed by atoms with Crippen LogP contribution in [0.4, 0.5) is 0 Å². The van der Waals surface area contributed by atoms with Crippen molar-refractivity contribution in [3.8, 4) is 5.75 Å². The molecule has 0 spiro atoms. The van der Waals surface area contributed by atoms with Gasteiger partial charge in [0.25, 0.3) is 5.91 Å². The number of rotatable bonds is 6. The molecule has 3 heterocycles. The quantitative estimate of drug-likeness (QED) is 0.641. The third kappa shape index (κ3) is 4.63. The van der Waals surface area contributed by atoms with Crippen LogP contribution < -0.4 is 10.1 Å². The SMILES string of the molecule is Cc1cccn2cc(COc3ccccc3C(=O)NC[C@H]3CS(=O)(=O)CCO3)nc12. The molecule has 1 aliphatic heterocycles. The molecular formula is C21H23N3O5S. The molecule has 1 N–H and O–H groups in total. The number of amides is 1. The molecule has 0 radical (unpaired) electrons. The zero-order valence-corrected chi connectivity index (χ0v) is 17.4. The molecule has 1 atom stereocenters. The van der Waals surface area contributed by atoms with Gasteiger partial charge >= 0.3 is 0 Å². The molecule has 1 fully saturated rings. The second kappa shape index (κ2) is 8.45. The third-order valence-electron chi connectivity index (χ3n) is 4.91. The summed E-state index contributed by atoms with van der Waals surface area (Å²) in [4.78, 5) is 17.2. The van der Waals surface area contributed by atoms with Crippen LogP contribution in [0.5, 0.6) is 5.75 Å². The number of ether oxygens (including phenoxy) is 2. The van der Waals surface area contributed by atoms with Crippen molar-refractivity contribution in [3.63, 3.8) is 0 Å². The van der Waals surface area contributed by atoms with E-state index in [1.54, 1.807) is 24.3 Å². The minimum Gasteiger partial charge on any atom is -0.486 e. The van der Waals surface area contributed by atoms with Crippen molar-refractivity contribution < 1.29 is 22.7 Å². The van der Waals surface area contributed by atoms with Gasteiger partial charge in [0.2, 0.25) is 0 Å². The van der Waals surface area contributed by atoms with E-state index in [1.165, 1.54) is 0 Å². The highest BCUT2D eigenvalue weighted by Crippen LogP contribution is 2.20. The van der Waals surface area contributed by atoms with Crippen molar-refractivity contribution >= 4 is 21.4 Å². The normalized spacial score (nSPS) is 18.2. The monoisotopic (exact) mass is 429 g/mol. The van der Waals surface area contributed by atoms with Gasteiger partial charge in [0.15, 0.2) is 9.84 Å². The van der Waals surface area contributed by atoms with E-state index in [0.29, 0.717) is 11.3 Å². The molecule has 158 valence electrons. The van der Waals surface area contributed by atoms with E-state index in [4.69, 9.17) is 9.47 Å². The van der Waals surface area contributed by atoms with E-state index in [0.717, 1.165) is 16.9 Å². The van der Waals surface area contributed by atoms with Crippen LogP contribution in [-0.2, 0) is 21.2 Å². The topological polar surface area (TPSA) is 99.0 Å². The highest BCUT2D eigenvalue weighted by Gasteiger charge is 2.26. The standard InChI is InChI=1S/C21H23N3O5S/c1-15-5-4-8-24-12-16(23-20(15)24)13-29-19-7-3-2-6-18(19)21(25)22-11-17-14-30(26,27)10-9-28-17/h2-8,12,17H,9-11,13-14H2,1H3,(H,22,25)/t17-/m0/s1. The second-order valence-corrected chi connectivity index (χ2v) is 9.49. The molecule has 0 saturated carbocycles. The molecule has 8 nitrogen and oxygen atoms in total. The predicted molar refractivity (Wildman–Crippen MR) is 111 cm³/mol. The number of sulfone groups is 1. The Balaban J connectivity index is 1.41. The molecule has 0 aliphatic carbocycles. The van der Waals surface area contributed by atoms with Crippen molar-refractivity contribution in [2.24, 2.45) is 0 Å². The summed E-state index contributed by atoms with van der Waals surface area (Å²) in [5.41, 5.74) is 3.05. The number of hydrogen-bond donors (Lipinski definition) is 1. The number of nitrogens with one attached hydrogen (secondary N) is 1. The van der Waals surface area contributed by atoms with E-state index in [9.17, 15) is 13.2 Å². The maximum Gasteiger partial charge on any atom is 0.255 e. The lowest BCUT2D eigenvalue weighted by Gasteiger charge is -2.23. The molecule has 0 bridgehead atoms. The van der Waals surface area contributed by atoms with Gasteiger partial charge in [-0.05, 0) is 30.7 Å². The van der Waals surface area contributed by atoms with Crippen molar-refractivity contribution in [1.82, 2.24) is 14.7 Å². The molecule has 1 amide bonds. The highest BCUT2D eigenvalue weighted by molar-refractivity contribution is 7.91. The number of hydrogen-bond acceptors (Lipinski definition) is 6. The Morgan fingerprint density at radius 3 is 2.93 bits per heavy atom. The summed E-state index contributed by atoms with van der Waals surface area (Å²) in [6, 6.07) is 10.9. The smallest absolute Gasteiger partial charge is 0.255 e. The van der Waals surface area contributed by atoms with Crippen molar-refractivity contribution in [2.75, 3.05) is 24.7 Å². The zero-order valence-electron chi connectivity index (χ0n) is 16.6. The first kappa shape index (κ1) is 20.4. The van der Waals surface area contributed by atoms with E-state index in [2.05, 4.69) is 10.3 Å². The molecule has 30 heavy (non-hydrogen) atoms. The van der Waals surface area contributed by atoms with Crippen molar-refractivity contribution in [3.05, 3.63) is 65.6 Å². The maximum absolute atomic E-state index is 12.7. The molecule has 1 aliphatic rings. The largest absolute Gasteiger partial charge is 0.486 e. The molecule has 1 aromatic carbocycles. The maximum atomic E-state index is 12.7. The van der Waals surface area contributed by atoms with Gasteiger partial charge in [-0.25, -0.2) is 13.4 Å². The number of carbonyl (C=O) groups excluding carboxylic acids is 1. The average Bonchev–Trinajstić information content (AvgIpc) is 3.15. The number of imidazole rings is 1. The first-order valence-corrected chi connectivity index (χ1v) is 11.5. The van der Waals surface area contributed by atoms with E-state index < -0.39 is 15.9 Å². The van der Waals surface area contributed by atoms with Gasteiger partial charge in [-0.2, -0.15) is 0 Å². The Hall–Kier alpha value is -2.91. The van der Waals surface area contributed by atoms with E-state index in [1.807, 2.05) is 35.9 Å². The fraction of sp³-hybridized carbons (Fsp3) is 0.333. The summed E-state index contributed by atoms with van der Waals surface area (Å²) >= 11 is 0. The van der Waals surface area contributed by atoms with Crippen LogP contribution in [0.15, 0.2) is 48.8 Å². The van der Waals surface area contributed by atoms with Gasteiger partial charge < -0.3 is 19.2 Å². The highest BCUT2D eigenvalue weighted by atomic mass is 32.2. The summed E-state index contributed by atoms with van der Waals surface area (Å²) in [7, 11) is -3.12. The number of benzene rings is 1. The van der Waals surface area contributed by atoms with E-state index in [-0.39, 0.29) is 37.2 Å². The van der Waals surface area contributed by atoms with Crippen LogP contribution in [0.3, 0.4) is 0 Å². The molecule has 2 aromatic heterocycles. The van der Waals surface area contributed by atoms with Gasteiger partial charge in [0, 0.05) is 18.9 Å². The first-order valence-electron chi connectivity index (χ1n) is 9.66. The minimum absolute atomic E-state index is 0.0245. The summed E-state index contributed by atoms with van der Waals surface area (Å²) in [6.07, 6.45) is 3.28. The van der Waals surface area contributed by atoms with E-state index >= 15 is 0 Å². The minimum atomic E-state index is -3.12. The first-order chi connectivity index (χ1) is 14.4. The fourth-order valence-electron chi connectivity index (χ4n) is 3.38. The summed E-state index contributed by atoms with van der Waals surface area (Å²) in [6.45, 7) is 2.49. The third-order valence-corrected chi connectivity index (χ3v) is 6.58. The van der Waals surface area contributed by atoms with Crippen LogP contribution in [0.1, 0.15) is 21.6 Å². The van der Waals surface area contributed by atoms with Gasteiger partial charge in [-0.1, -0.05) is 18.2 Å². The summed E-state index contributed by atoms with van der Waals surface area (Å²) in [5.74, 6) is 0.0269.